The van der Waals surface area contributed by atoms with Gasteiger partial charge in [-0.05, 0) is 28.9 Å². The molecule has 5 heteroatoms. The highest BCUT2D eigenvalue weighted by Crippen LogP contribution is 2.22. The second-order valence-corrected chi connectivity index (χ2v) is 7.76. The number of nitrogens with one attached hydrogen (secondary N) is 1. The lowest BCUT2D eigenvalue weighted by Crippen LogP contribution is -2.49. The fourth-order valence-corrected chi connectivity index (χ4v) is 2.42. The van der Waals surface area contributed by atoms with Crippen LogP contribution >= 0.6 is 0 Å². The molecule has 0 aliphatic heterocycles. The first-order valence-corrected chi connectivity index (χ1v) is 8.38. The zero-order valence-corrected chi connectivity index (χ0v) is 15.3. The molecule has 0 saturated carbocycles. The highest BCUT2D eigenvalue weighted by atomic mass is 16.3. The van der Waals surface area contributed by atoms with Crippen LogP contribution in [-0.4, -0.2) is 29.1 Å². The molecule has 0 saturated heterocycles. The van der Waals surface area contributed by atoms with E-state index in [1.54, 1.807) is 0 Å². The quantitative estimate of drug-likeness (QED) is 0.711. The number of carbonyl (C=O) groups excluding carboxylic acids is 2. The van der Waals surface area contributed by atoms with E-state index in [0.29, 0.717) is 12.8 Å². The molecule has 0 aliphatic rings. The largest absolute Gasteiger partial charge is 0.383 e. The lowest BCUT2D eigenvalue weighted by molar-refractivity contribution is -0.133. The van der Waals surface area contributed by atoms with Crippen molar-refractivity contribution >= 4 is 11.8 Å². The standard InChI is InChI=1S/C19H30N2O3/c1-12(2)10-16(22)18(24)21-15(17(20)23)11-13-6-8-14(9-7-13)19(3,4)5/h6-9,12,15-16,22H,10-11H2,1-5H3,(H2,20,23)(H,21,24)/t15-,16-/m0/s1. The van der Waals surface area contributed by atoms with Crippen LogP contribution in [0.25, 0.3) is 0 Å². The van der Waals surface area contributed by atoms with Crippen LogP contribution in [0.2, 0.25) is 0 Å². The molecule has 0 heterocycles. The number of amides is 2. The average molecular weight is 334 g/mol. The number of aliphatic hydroxyl groups excluding tert-OH is 1. The molecule has 1 rings (SSSR count). The Kier molecular flexibility index (Phi) is 6.96. The summed E-state index contributed by atoms with van der Waals surface area (Å²) in [6, 6.07) is 7.08. The molecule has 24 heavy (non-hydrogen) atoms. The third kappa shape index (κ3) is 6.32. The number of benzene rings is 1. The molecule has 4 N–H and O–H groups in total. The first kappa shape index (κ1) is 20.2. The van der Waals surface area contributed by atoms with Gasteiger partial charge in [0.2, 0.25) is 11.8 Å². The predicted molar refractivity (Wildman–Crippen MR) is 95.4 cm³/mol. The molecule has 2 atom stereocenters. The van der Waals surface area contributed by atoms with Crippen LogP contribution in [0, 0.1) is 5.92 Å². The van der Waals surface area contributed by atoms with Gasteiger partial charge in [0.15, 0.2) is 0 Å². The van der Waals surface area contributed by atoms with Crippen LogP contribution in [0.3, 0.4) is 0 Å². The van der Waals surface area contributed by atoms with E-state index in [2.05, 4.69) is 26.1 Å². The fraction of sp³-hybridized carbons (Fsp3) is 0.579. The molecule has 2 amide bonds. The zero-order valence-electron chi connectivity index (χ0n) is 15.3. The van der Waals surface area contributed by atoms with Crippen LogP contribution in [0.4, 0.5) is 0 Å². The fourth-order valence-electron chi connectivity index (χ4n) is 2.42. The van der Waals surface area contributed by atoms with Gasteiger partial charge in [-0.3, -0.25) is 9.59 Å². The van der Waals surface area contributed by atoms with Gasteiger partial charge in [0.1, 0.15) is 12.1 Å². The molecule has 0 unspecified atom stereocenters. The Morgan fingerprint density at radius 1 is 1.17 bits per heavy atom. The number of primary amides is 1. The molecule has 0 spiro atoms. The maximum atomic E-state index is 12.0. The molecular formula is C19H30N2O3. The minimum Gasteiger partial charge on any atom is -0.383 e. The number of rotatable bonds is 7. The molecule has 0 bridgehead atoms. The maximum Gasteiger partial charge on any atom is 0.249 e. The van der Waals surface area contributed by atoms with E-state index in [0.717, 1.165) is 5.56 Å². The SMILES string of the molecule is CC(C)C[C@H](O)C(=O)N[C@@H](Cc1ccc(C(C)(C)C)cc1)C(N)=O. The summed E-state index contributed by atoms with van der Waals surface area (Å²) in [5, 5.41) is 12.4. The summed E-state index contributed by atoms with van der Waals surface area (Å²) in [7, 11) is 0. The van der Waals surface area contributed by atoms with E-state index >= 15 is 0 Å². The predicted octanol–water partition coefficient (Wildman–Crippen LogP) is 1.90. The van der Waals surface area contributed by atoms with Gasteiger partial charge < -0.3 is 16.2 Å². The minimum absolute atomic E-state index is 0.0524. The maximum absolute atomic E-state index is 12.0. The summed E-state index contributed by atoms with van der Waals surface area (Å²) in [6.07, 6.45) is -0.479. The Hall–Kier alpha value is -1.88. The first-order valence-electron chi connectivity index (χ1n) is 8.38. The Morgan fingerprint density at radius 3 is 2.12 bits per heavy atom. The van der Waals surface area contributed by atoms with Crippen LogP contribution in [0.1, 0.15) is 52.2 Å². The molecule has 1 aromatic rings. The van der Waals surface area contributed by atoms with Gasteiger partial charge in [0.05, 0.1) is 0 Å². The Balaban J connectivity index is 2.76. The second-order valence-electron chi connectivity index (χ2n) is 7.76. The third-order valence-electron chi connectivity index (χ3n) is 3.92. The van der Waals surface area contributed by atoms with Crippen LogP contribution in [0.5, 0.6) is 0 Å². The van der Waals surface area contributed by atoms with Crippen molar-refractivity contribution in [2.75, 3.05) is 0 Å². The van der Waals surface area contributed by atoms with Crippen molar-refractivity contribution in [2.45, 2.75) is 65.0 Å². The third-order valence-corrected chi connectivity index (χ3v) is 3.92. The molecule has 0 aromatic heterocycles. The minimum atomic E-state index is -1.13. The highest BCUT2D eigenvalue weighted by molar-refractivity contribution is 5.88. The smallest absolute Gasteiger partial charge is 0.249 e. The molecule has 5 nitrogen and oxygen atoms in total. The van der Waals surface area contributed by atoms with E-state index in [-0.39, 0.29) is 11.3 Å². The zero-order chi connectivity index (χ0) is 18.5. The van der Waals surface area contributed by atoms with E-state index < -0.39 is 24.0 Å². The lowest BCUT2D eigenvalue weighted by Gasteiger charge is -2.21. The van der Waals surface area contributed by atoms with Crippen molar-refractivity contribution in [3.63, 3.8) is 0 Å². The summed E-state index contributed by atoms with van der Waals surface area (Å²) in [5.41, 5.74) is 7.55. The monoisotopic (exact) mass is 334 g/mol. The summed E-state index contributed by atoms with van der Waals surface area (Å²) in [4.78, 5) is 23.6. The lowest BCUT2D eigenvalue weighted by atomic mass is 9.86. The number of nitrogens with two attached hydrogens (primary N) is 1. The molecule has 0 aliphatic carbocycles. The topological polar surface area (TPSA) is 92.4 Å². The van der Waals surface area contributed by atoms with E-state index in [1.807, 2.05) is 38.1 Å². The second kappa shape index (κ2) is 8.29. The Labute approximate surface area is 144 Å². The summed E-state index contributed by atoms with van der Waals surface area (Å²) in [6.45, 7) is 10.2. The summed E-state index contributed by atoms with van der Waals surface area (Å²) in [5.74, 6) is -0.985. The molecule has 1 aromatic carbocycles. The molecule has 0 fully saturated rings. The molecule has 134 valence electrons. The summed E-state index contributed by atoms with van der Waals surface area (Å²) < 4.78 is 0. The first-order chi connectivity index (χ1) is 11.0. The average Bonchev–Trinajstić information content (AvgIpc) is 2.45. The highest BCUT2D eigenvalue weighted by Gasteiger charge is 2.23. The number of hydrogen-bond acceptors (Lipinski definition) is 3. The van der Waals surface area contributed by atoms with Crippen molar-refractivity contribution < 1.29 is 14.7 Å². The molecular weight excluding hydrogens is 304 g/mol. The van der Waals surface area contributed by atoms with Gasteiger partial charge in [-0.1, -0.05) is 58.9 Å². The van der Waals surface area contributed by atoms with Gasteiger partial charge in [-0.15, -0.1) is 0 Å². The van der Waals surface area contributed by atoms with E-state index in [9.17, 15) is 14.7 Å². The van der Waals surface area contributed by atoms with E-state index in [4.69, 9.17) is 5.73 Å². The number of carbonyl (C=O) groups is 2. The van der Waals surface area contributed by atoms with Crippen molar-refractivity contribution in [1.82, 2.24) is 5.32 Å². The van der Waals surface area contributed by atoms with Gasteiger partial charge in [-0.25, -0.2) is 0 Å². The number of aliphatic hydroxyl groups is 1. The van der Waals surface area contributed by atoms with Crippen molar-refractivity contribution in [3.05, 3.63) is 35.4 Å². The number of hydrogen-bond donors (Lipinski definition) is 3. The summed E-state index contributed by atoms with van der Waals surface area (Å²) >= 11 is 0. The van der Waals surface area contributed by atoms with Crippen LogP contribution in [-0.2, 0) is 21.4 Å². The van der Waals surface area contributed by atoms with E-state index in [1.165, 1.54) is 5.56 Å². The van der Waals surface area contributed by atoms with Crippen LogP contribution < -0.4 is 11.1 Å². The van der Waals surface area contributed by atoms with Crippen molar-refractivity contribution in [2.24, 2.45) is 11.7 Å². The van der Waals surface area contributed by atoms with Gasteiger partial charge in [0.25, 0.3) is 0 Å². The van der Waals surface area contributed by atoms with Gasteiger partial charge in [-0.2, -0.15) is 0 Å². The van der Waals surface area contributed by atoms with Gasteiger partial charge in [0, 0.05) is 6.42 Å². The van der Waals surface area contributed by atoms with Crippen LogP contribution in [0.15, 0.2) is 24.3 Å². The van der Waals surface area contributed by atoms with Gasteiger partial charge >= 0.3 is 0 Å². The molecule has 0 radical (unpaired) electrons. The Bertz CT molecular complexity index is 559. The van der Waals surface area contributed by atoms with Crippen molar-refractivity contribution in [3.8, 4) is 0 Å². The van der Waals surface area contributed by atoms with Crippen molar-refractivity contribution in [1.29, 1.82) is 0 Å². The Morgan fingerprint density at radius 2 is 1.71 bits per heavy atom. The normalized spacial score (nSPS) is 14.3.